The van der Waals surface area contributed by atoms with E-state index in [4.69, 9.17) is 9.73 Å². The summed E-state index contributed by atoms with van der Waals surface area (Å²) in [6.07, 6.45) is 4.87. The Bertz CT molecular complexity index is 627. The van der Waals surface area contributed by atoms with E-state index >= 15 is 0 Å². The Morgan fingerprint density at radius 2 is 2.15 bits per heavy atom. The second kappa shape index (κ2) is 8.82. The number of aromatic nitrogens is 3. The first-order chi connectivity index (χ1) is 12.8. The number of morpholine rings is 1. The van der Waals surface area contributed by atoms with Crippen LogP contribution in [0.2, 0.25) is 0 Å². The largest absolute Gasteiger partial charge is 0.379 e. The van der Waals surface area contributed by atoms with Gasteiger partial charge in [0.1, 0.15) is 0 Å². The first-order valence-corrected chi connectivity index (χ1v) is 11.0. The van der Waals surface area contributed by atoms with Crippen LogP contribution in [0.15, 0.2) is 10.1 Å². The maximum atomic E-state index is 5.42. The molecule has 0 bridgehead atoms. The fraction of sp³-hybridized carbons (Fsp3) is 0.833. The smallest absolute Gasteiger partial charge is 0.248 e. The van der Waals surface area contributed by atoms with E-state index in [2.05, 4.69) is 27.2 Å². The van der Waals surface area contributed by atoms with E-state index in [1.165, 1.54) is 31.4 Å². The maximum Gasteiger partial charge on any atom is 0.248 e. The van der Waals surface area contributed by atoms with Gasteiger partial charge in [0, 0.05) is 30.8 Å². The summed E-state index contributed by atoms with van der Waals surface area (Å²) in [4.78, 5) is 12.0. The number of rotatable bonds is 7. The van der Waals surface area contributed by atoms with E-state index in [0.29, 0.717) is 12.0 Å². The molecule has 2 atom stereocenters. The molecule has 2 fully saturated rings. The molecule has 7 nitrogen and oxygen atoms in total. The lowest BCUT2D eigenvalue weighted by molar-refractivity contribution is 0.0374. The lowest BCUT2D eigenvalue weighted by Crippen LogP contribution is -2.46. The molecule has 1 saturated heterocycles. The van der Waals surface area contributed by atoms with Crippen LogP contribution in [0.3, 0.4) is 0 Å². The van der Waals surface area contributed by atoms with Crippen LogP contribution in [0.1, 0.15) is 32.6 Å². The fourth-order valence-electron chi connectivity index (χ4n) is 4.15. The van der Waals surface area contributed by atoms with Crippen LogP contribution in [0, 0.1) is 5.92 Å². The number of ether oxygens (including phenoxy) is 1. The van der Waals surface area contributed by atoms with Gasteiger partial charge in [0.25, 0.3) is 0 Å². The fourth-order valence-corrected chi connectivity index (χ4v) is 4.71. The molecule has 8 heteroatoms. The summed E-state index contributed by atoms with van der Waals surface area (Å²) in [5.74, 6) is 2.32. The van der Waals surface area contributed by atoms with Crippen molar-refractivity contribution in [1.29, 1.82) is 0 Å². The topological polar surface area (TPSA) is 67.6 Å². The second-order valence-electron chi connectivity index (χ2n) is 7.29. The van der Waals surface area contributed by atoms with Gasteiger partial charge in [-0.25, -0.2) is 9.67 Å². The lowest BCUT2D eigenvalue weighted by atomic mass is 9.83. The highest BCUT2D eigenvalue weighted by molar-refractivity contribution is 7.99. The average Bonchev–Trinajstić information content (AvgIpc) is 3.06. The molecule has 3 aliphatic rings. The first-order valence-electron chi connectivity index (χ1n) is 10.0. The Morgan fingerprint density at radius 3 is 3.00 bits per heavy atom. The van der Waals surface area contributed by atoms with Crippen molar-refractivity contribution < 1.29 is 4.74 Å². The van der Waals surface area contributed by atoms with Gasteiger partial charge in [0.05, 0.1) is 19.8 Å². The Balaban J connectivity index is 1.33. The summed E-state index contributed by atoms with van der Waals surface area (Å²) < 4.78 is 7.43. The molecular formula is C18H30N6OS. The zero-order chi connectivity index (χ0) is 17.8. The Kier molecular flexibility index (Phi) is 6.24. The maximum absolute atomic E-state index is 5.42. The van der Waals surface area contributed by atoms with Crippen molar-refractivity contribution >= 4 is 23.4 Å². The molecule has 26 heavy (non-hydrogen) atoms. The van der Waals surface area contributed by atoms with Crippen LogP contribution < -0.4 is 5.32 Å². The van der Waals surface area contributed by atoms with Gasteiger partial charge in [0.15, 0.2) is 0 Å². The number of thioether (sulfide) groups is 1. The minimum Gasteiger partial charge on any atom is -0.379 e. The standard InChI is InChI=1S/C18H30N6OS/c1-2-26-18-21-17-20-16-14(13-24(17)22-18)5-3-6-15(16)19-7-4-8-23-9-11-25-12-10-23/h14-15,19H,2-13H2,1H3. The average molecular weight is 379 g/mol. The molecule has 0 spiro atoms. The number of hydrogen-bond donors (Lipinski definition) is 1. The number of hydrogen-bond acceptors (Lipinski definition) is 7. The van der Waals surface area contributed by atoms with E-state index < -0.39 is 0 Å². The minimum absolute atomic E-state index is 0.408. The van der Waals surface area contributed by atoms with Crippen molar-refractivity contribution in [1.82, 2.24) is 25.0 Å². The Labute approximate surface area is 160 Å². The molecular weight excluding hydrogens is 348 g/mol. The van der Waals surface area contributed by atoms with Gasteiger partial charge >= 0.3 is 0 Å². The molecule has 1 aliphatic carbocycles. The van der Waals surface area contributed by atoms with Gasteiger partial charge in [-0.05, 0) is 38.1 Å². The predicted octanol–water partition coefficient (Wildman–Crippen LogP) is 1.96. The lowest BCUT2D eigenvalue weighted by Gasteiger charge is -2.34. The Hall–Kier alpha value is -0.960. The normalized spacial score (nSPS) is 26.3. The van der Waals surface area contributed by atoms with E-state index in [1.54, 1.807) is 11.8 Å². The Morgan fingerprint density at radius 1 is 1.27 bits per heavy atom. The minimum atomic E-state index is 0.408. The molecule has 4 rings (SSSR count). The number of nitrogens with zero attached hydrogens (tertiary/aromatic N) is 5. The summed E-state index contributed by atoms with van der Waals surface area (Å²) in [5, 5.41) is 9.24. The van der Waals surface area contributed by atoms with Crippen LogP contribution in [-0.4, -0.2) is 76.6 Å². The first kappa shape index (κ1) is 18.4. The molecule has 0 amide bonds. The van der Waals surface area contributed by atoms with Gasteiger partial charge in [0.2, 0.25) is 11.1 Å². The van der Waals surface area contributed by atoms with Crippen molar-refractivity contribution in [2.75, 3.05) is 45.1 Å². The van der Waals surface area contributed by atoms with Gasteiger partial charge in [-0.1, -0.05) is 25.1 Å². The summed E-state index contributed by atoms with van der Waals surface area (Å²) in [7, 11) is 0. The van der Waals surface area contributed by atoms with Gasteiger partial charge in [-0.3, -0.25) is 4.90 Å². The summed E-state index contributed by atoms with van der Waals surface area (Å²) in [5.41, 5.74) is 1.32. The number of nitrogens with one attached hydrogen (secondary N) is 1. The highest BCUT2D eigenvalue weighted by Gasteiger charge is 2.33. The van der Waals surface area contributed by atoms with Crippen LogP contribution >= 0.6 is 11.8 Å². The molecule has 1 aromatic rings. The van der Waals surface area contributed by atoms with Crippen molar-refractivity contribution in [2.24, 2.45) is 10.9 Å². The zero-order valence-corrected chi connectivity index (χ0v) is 16.5. The predicted molar refractivity (Wildman–Crippen MR) is 105 cm³/mol. The van der Waals surface area contributed by atoms with Gasteiger partial charge in [-0.15, -0.1) is 5.10 Å². The molecule has 1 saturated carbocycles. The molecule has 1 aromatic heterocycles. The molecule has 1 N–H and O–H groups in total. The quantitative estimate of drug-likeness (QED) is 0.578. The van der Waals surface area contributed by atoms with Crippen molar-refractivity contribution in [3.8, 4) is 0 Å². The monoisotopic (exact) mass is 378 g/mol. The molecule has 144 valence electrons. The van der Waals surface area contributed by atoms with Gasteiger partial charge in [-0.2, -0.15) is 4.98 Å². The van der Waals surface area contributed by atoms with E-state index in [0.717, 1.165) is 62.8 Å². The van der Waals surface area contributed by atoms with Crippen LogP contribution in [-0.2, 0) is 11.3 Å². The van der Waals surface area contributed by atoms with Crippen LogP contribution in [0.25, 0.3) is 0 Å². The summed E-state index contributed by atoms with van der Waals surface area (Å²) in [6.45, 7) is 9.20. The molecule has 2 unspecified atom stereocenters. The van der Waals surface area contributed by atoms with Gasteiger partial charge < -0.3 is 10.1 Å². The molecule has 0 aromatic carbocycles. The van der Waals surface area contributed by atoms with Crippen molar-refractivity contribution in [3.05, 3.63) is 0 Å². The SMILES string of the molecule is CCSc1nc2n(n1)CC1CCCC(NCCCN3CCOCC3)C1=N2. The van der Waals surface area contributed by atoms with E-state index in [9.17, 15) is 0 Å². The molecule has 2 aliphatic heterocycles. The third-order valence-electron chi connectivity index (χ3n) is 5.49. The summed E-state index contributed by atoms with van der Waals surface area (Å²) in [6, 6.07) is 0.408. The van der Waals surface area contributed by atoms with Crippen molar-refractivity contribution in [2.45, 2.75) is 50.4 Å². The highest BCUT2D eigenvalue weighted by Crippen LogP contribution is 2.31. The zero-order valence-electron chi connectivity index (χ0n) is 15.7. The summed E-state index contributed by atoms with van der Waals surface area (Å²) >= 11 is 1.69. The second-order valence-corrected chi connectivity index (χ2v) is 8.52. The molecule has 0 radical (unpaired) electrons. The van der Waals surface area contributed by atoms with E-state index in [1.807, 2.05) is 4.68 Å². The van der Waals surface area contributed by atoms with Crippen LogP contribution in [0.4, 0.5) is 5.95 Å². The third kappa shape index (κ3) is 4.30. The van der Waals surface area contributed by atoms with Crippen molar-refractivity contribution in [3.63, 3.8) is 0 Å². The van der Waals surface area contributed by atoms with E-state index in [-0.39, 0.29) is 0 Å². The molecule has 3 heterocycles. The number of fused-ring (bicyclic) bond motifs is 2. The highest BCUT2D eigenvalue weighted by atomic mass is 32.2. The van der Waals surface area contributed by atoms with Crippen LogP contribution in [0.5, 0.6) is 0 Å². The third-order valence-corrected chi connectivity index (χ3v) is 6.21. The number of aliphatic imine (C=N–C) groups is 1.